The van der Waals surface area contributed by atoms with Crippen LogP contribution >= 0.6 is 0 Å². The van der Waals surface area contributed by atoms with Crippen LogP contribution in [-0.4, -0.2) is 23.9 Å². The summed E-state index contributed by atoms with van der Waals surface area (Å²) < 4.78 is 16.0. The van der Waals surface area contributed by atoms with Gasteiger partial charge in [-0.25, -0.2) is 4.79 Å². The highest BCUT2D eigenvalue weighted by atomic mass is 16.7. The van der Waals surface area contributed by atoms with Crippen molar-refractivity contribution >= 4 is 12.0 Å². The van der Waals surface area contributed by atoms with Crippen molar-refractivity contribution in [2.75, 3.05) is 7.11 Å². The average molecular weight is 263 g/mol. The number of nitrogens with zero attached hydrogens (tertiary/aromatic N) is 1. The molecule has 5 heteroatoms. The second kappa shape index (κ2) is 5.01. The van der Waals surface area contributed by atoms with Crippen LogP contribution in [0.15, 0.2) is 12.3 Å². The minimum atomic E-state index is -0.663. The smallest absolute Gasteiger partial charge is 0.330 e. The predicted octanol–water partition coefficient (Wildman–Crippen LogP) is 2.22. The second-order valence-corrected chi connectivity index (χ2v) is 4.75. The lowest BCUT2D eigenvalue weighted by molar-refractivity contribution is -0.180. The number of methoxy groups -OCH3 is 1. The fourth-order valence-electron chi connectivity index (χ4n) is 1.83. The molecule has 0 saturated carbocycles. The van der Waals surface area contributed by atoms with Gasteiger partial charge in [-0.2, -0.15) is 0 Å². The average Bonchev–Trinajstić information content (AvgIpc) is 2.37. The third kappa shape index (κ3) is 2.93. The van der Waals surface area contributed by atoms with Gasteiger partial charge in [0.1, 0.15) is 5.75 Å². The van der Waals surface area contributed by atoms with Crippen LogP contribution in [0, 0.1) is 6.92 Å². The van der Waals surface area contributed by atoms with E-state index in [0.29, 0.717) is 6.61 Å². The highest BCUT2D eigenvalue weighted by Gasteiger charge is 2.30. The molecule has 2 heterocycles. The fraction of sp³-hybridized carbons (Fsp3) is 0.429. The maximum atomic E-state index is 11.1. The number of aryl methyl sites for hydroxylation is 1. The van der Waals surface area contributed by atoms with E-state index < -0.39 is 11.8 Å². The summed E-state index contributed by atoms with van der Waals surface area (Å²) in [5.74, 6) is -0.347. The minimum absolute atomic E-state index is 0.410. The highest BCUT2D eigenvalue weighted by molar-refractivity contribution is 5.87. The molecule has 0 aliphatic carbocycles. The summed E-state index contributed by atoms with van der Waals surface area (Å²) in [7, 11) is 1.34. The summed E-state index contributed by atoms with van der Waals surface area (Å²) in [6, 6.07) is 0. The number of pyridine rings is 1. The zero-order valence-corrected chi connectivity index (χ0v) is 11.5. The summed E-state index contributed by atoms with van der Waals surface area (Å²) in [6.45, 7) is 6.01. The molecule has 0 bridgehead atoms. The van der Waals surface area contributed by atoms with Crippen LogP contribution in [0.4, 0.5) is 0 Å². The van der Waals surface area contributed by atoms with Crippen molar-refractivity contribution < 1.29 is 19.0 Å². The SMILES string of the molecule is COC(=O)C=Cc1cnc(C)c2c1COC(C)(C)O2. The number of carbonyl (C=O) groups excluding carboxylic acids is 1. The van der Waals surface area contributed by atoms with E-state index in [2.05, 4.69) is 9.72 Å². The molecule has 0 N–H and O–H groups in total. The molecule has 0 atom stereocenters. The molecule has 2 rings (SSSR count). The number of carbonyl (C=O) groups is 1. The molecule has 0 radical (unpaired) electrons. The van der Waals surface area contributed by atoms with Gasteiger partial charge < -0.3 is 14.2 Å². The third-order valence-corrected chi connectivity index (χ3v) is 2.86. The van der Waals surface area contributed by atoms with E-state index in [1.807, 2.05) is 20.8 Å². The van der Waals surface area contributed by atoms with Gasteiger partial charge in [-0.1, -0.05) is 0 Å². The summed E-state index contributed by atoms with van der Waals surface area (Å²) in [5.41, 5.74) is 2.50. The first-order valence-corrected chi connectivity index (χ1v) is 6.00. The van der Waals surface area contributed by atoms with Crippen molar-refractivity contribution in [3.63, 3.8) is 0 Å². The van der Waals surface area contributed by atoms with Crippen LogP contribution in [0.1, 0.15) is 30.7 Å². The zero-order valence-electron chi connectivity index (χ0n) is 11.5. The van der Waals surface area contributed by atoms with Crippen LogP contribution in [0.2, 0.25) is 0 Å². The Labute approximate surface area is 112 Å². The molecule has 1 aromatic rings. The van der Waals surface area contributed by atoms with Crippen LogP contribution in [0.3, 0.4) is 0 Å². The van der Waals surface area contributed by atoms with Gasteiger partial charge in [0.25, 0.3) is 0 Å². The molecule has 0 fully saturated rings. The molecule has 19 heavy (non-hydrogen) atoms. The van der Waals surface area contributed by atoms with Crippen LogP contribution in [-0.2, 0) is 20.9 Å². The number of rotatable bonds is 2. The normalized spacial score (nSPS) is 16.8. The number of fused-ring (bicyclic) bond motifs is 1. The maximum Gasteiger partial charge on any atom is 0.330 e. The van der Waals surface area contributed by atoms with Crippen molar-refractivity contribution in [2.24, 2.45) is 0 Å². The first kappa shape index (κ1) is 13.5. The van der Waals surface area contributed by atoms with Crippen molar-refractivity contribution in [3.05, 3.63) is 29.1 Å². The van der Waals surface area contributed by atoms with Crippen molar-refractivity contribution in [1.29, 1.82) is 0 Å². The molecule has 1 aliphatic rings. The van der Waals surface area contributed by atoms with Gasteiger partial charge in [0.2, 0.25) is 5.79 Å². The van der Waals surface area contributed by atoms with E-state index in [4.69, 9.17) is 9.47 Å². The number of esters is 1. The van der Waals surface area contributed by atoms with Gasteiger partial charge in [-0.05, 0) is 13.0 Å². The Morgan fingerprint density at radius 2 is 2.26 bits per heavy atom. The first-order valence-electron chi connectivity index (χ1n) is 6.00. The number of ether oxygens (including phenoxy) is 3. The molecule has 1 aromatic heterocycles. The Hall–Kier alpha value is -1.88. The van der Waals surface area contributed by atoms with Crippen LogP contribution < -0.4 is 4.74 Å². The van der Waals surface area contributed by atoms with E-state index in [0.717, 1.165) is 22.6 Å². The van der Waals surface area contributed by atoms with E-state index in [1.165, 1.54) is 13.2 Å². The molecule has 0 amide bonds. The van der Waals surface area contributed by atoms with Gasteiger partial charge >= 0.3 is 5.97 Å². The Balaban J connectivity index is 2.38. The van der Waals surface area contributed by atoms with Crippen LogP contribution in [0.25, 0.3) is 6.08 Å². The largest absolute Gasteiger partial charge is 0.466 e. The molecule has 0 saturated heterocycles. The molecule has 0 spiro atoms. The molecule has 5 nitrogen and oxygen atoms in total. The molecule has 0 unspecified atom stereocenters. The second-order valence-electron chi connectivity index (χ2n) is 4.75. The number of hydrogen-bond acceptors (Lipinski definition) is 5. The Kier molecular flexibility index (Phi) is 3.57. The van der Waals surface area contributed by atoms with Gasteiger partial charge in [0, 0.05) is 37.2 Å². The lowest BCUT2D eigenvalue weighted by Crippen LogP contribution is -2.36. The molecule has 0 aromatic carbocycles. The summed E-state index contributed by atoms with van der Waals surface area (Å²) in [5, 5.41) is 0. The quantitative estimate of drug-likeness (QED) is 0.605. The first-order chi connectivity index (χ1) is 8.93. The standard InChI is InChI=1S/C14H17NO4/c1-9-13-11(8-18-14(2,3)19-13)10(7-15-9)5-6-12(16)17-4/h5-7H,8H2,1-4H3. The Morgan fingerprint density at radius 3 is 2.95 bits per heavy atom. The van der Waals surface area contributed by atoms with Crippen molar-refractivity contribution in [3.8, 4) is 5.75 Å². The molecule has 1 aliphatic heterocycles. The van der Waals surface area contributed by atoms with Crippen LogP contribution in [0.5, 0.6) is 5.75 Å². The van der Waals surface area contributed by atoms with E-state index in [1.54, 1.807) is 12.3 Å². The third-order valence-electron chi connectivity index (χ3n) is 2.86. The zero-order chi connectivity index (χ0) is 14.0. The topological polar surface area (TPSA) is 57.7 Å². The number of aromatic nitrogens is 1. The summed E-state index contributed by atoms with van der Waals surface area (Å²) in [4.78, 5) is 15.4. The van der Waals surface area contributed by atoms with Gasteiger partial charge in [-0.3, -0.25) is 4.98 Å². The lowest BCUT2D eigenvalue weighted by atomic mass is 10.1. The minimum Gasteiger partial charge on any atom is -0.466 e. The monoisotopic (exact) mass is 263 g/mol. The summed E-state index contributed by atoms with van der Waals surface area (Å²) in [6.07, 6.45) is 4.70. The molecular formula is C14H17NO4. The number of hydrogen-bond donors (Lipinski definition) is 0. The van der Waals surface area contributed by atoms with Gasteiger partial charge in [0.15, 0.2) is 0 Å². The Morgan fingerprint density at radius 1 is 1.53 bits per heavy atom. The van der Waals surface area contributed by atoms with Gasteiger partial charge in [0.05, 0.1) is 19.4 Å². The Bertz CT molecular complexity index is 534. The van der Waals surface area contributed by atoms with E-state index in [-0.39, 0.29) is 0 Å². The lowest BCUT2D eigenvalue weighted by Gasteiger charge is -2.33. The fourth-order valence-corrected chi connectivity index (χ4v) is 1.83. The van der Waals surface area contributed by atoms with E-state index in [9.17, 15) is 4.79 Å². The van der Waals surface area contributed by atoms with Gasteiger partial charge in [-0.15, -0.1) is 0 Å². The summed E-state index contributed by atoms with van der Waals surface area (Å²) >= 11 is 0. The van der Waals surface area contributed by atoms with E-state index >= 15 is 0 Å². The van der Waals surface area contributed by atoms with Crippen molar-refractivity contribution in [2.45, 2.75) is 33.2 Å². The maximum absolute atomic E-state index is 11.1. The highest BCUT2D eigenvalue weighted by Crippen LogP contribution is 2.35. The molecular weight excluding hydrogens is 246 g/mol. The van der Waals surface area contributed by atoms with Crippen molar-refractivity contribution in [1.82, 2.24) is 4.98 Å². The molecule has 102 valence electrons. The predicted molar refractivity (Wildman–Crippen MR) is 69.5 cm³/mol.